The molecule has 0 aromatic carbocycles. The molecule has 1 amide bonds. The van der Waals surface area contributed by atoms with Crippen molar-refractivity contribution in [2.24, 2.45) is 0 Å². The smallest absolute Gasteiger partial charge is 0.259 e. The van der Waals surface area contributed by atoms with Crippen LogP contribution in [0.4, 0.5) is 0 Å². The van der Waals surface area contributed by atoms with Crippen LogP contribution >= 0.6 is 23.1 Å². The summed E-state index contributed by atoms with van der Waals surface area (Å²) in [6.07, 6.45) is 2.63. The number of hydrogen-bond donors (Lipinski definition) is 0. The van der Waals surface area contributed by atoms with Gasteiger partial charge in [-0.3, -0.25) is 4.79 Å². The summed E-state index contributed by atoms with van der Waals surface area (Å²) < 4.78 is 5.21. The van der Waals surface area contributed by atoms with Gasteiger partial charge in [0.2, 0.25) is 5.88 Å². The standard InChI is InChI=1S/C16H18N2O2S2/c1-20-15-12(4-2-7-17-15)16(19)18-8-6-14(22-11-9-18)13-5-3-10-21-13/h2-5,7,10,14H,6,8-9,11H2,1H3. The Kier molecular flexibility index (Phi) is 5.00. The molecule has 0 radical (unpaired) electrons. The van der Waals surface area contributed by atoms with E-state index in [1.54, 1.807) is 36.8 Å². The van der Waals surface area contributed by atoms with Crippen LogP contribution in [0.15, 0.2) is 35.8 Å². The molecule has 2 aromatic heterocycles. The highest BCUT2D eigenvalue weighted by Gasteiger charge is 2.25. The molecule has 3 heterocycles. The van der Waals surface area contributed by atoms with Crippen LogP contribution in [0, 0.1) is 0 Å². The lowest BCUT2D eigenvalue weighted by Gasteiger charge is -2.21. The largest absolute Gasteiger partial charge is 0.480 e. The summed E-state index contributed by atoms with van der Waals surface area (Å²) in [4.78, 5) is 20.2. The van der Waals surface area contributed by atoms with Crippen LogP contribution in [0.3, 0.4) is 0 Å². The number of ether oxygens (including phenoxy) is 1. The number of pyridine rings is 1. The number of aromatic nitrogens is 1. The first kappa shape index (κ1) is 15.4. The van der Waals surface area contributed by atoms with Crippen molar-refractivity contribution in [3.05, 3.63) is 46.3 Å². The third-order valence-corrected chi connectivity index (χ3v) is 6.13. The monoisotopic (exact) mass is 334 g/mol. The van der Waals surface area contributed by atoms with Gasteiger partial charge >= 0.3 is 0 Å². The number of thiophene rings is 1. The van der Waals surface area contributed by atoms with Crippen LogP contribution in [-0.4, -0.2) is 41.7 Å². The van der Waals surface area contributed by atoms with E-state index in [0.29, 0.717) is 16.7 Å². The minimum atomic E-state index is 0.0115. The Hall–Kier alpha value is -1.53. The topological polar surface area (TPSA) is 42.4 Å². The van der Waals surface area contributed by atoms with Gasteiger partial charge in [0.05, 0.1) is 7.11 Å². The van der Waals surface area contributed by atoms with Crippen LogP contribution in [0.1, 0.15) is 26.9 Å². The number of carbonyl (C=O) groups is 1. The molecule has 1 fully saturated rings. The normalized spacial score (nSPS) is 18.8. The van der Waals surface area contributed by atoms with E-state index in [2.05, 4.69) is 22.5 Å². The first-order valence-corrected chi connectivity index (χ1v) is 9.15. The zero-order chi connectivity index (χ0) is 15.4. The molecular weight excluding hydrogens is 316 g/mol. The molecular formula is C16H18N2O2S2. The highest BCUT2D eigenvalue weighted by atomic mass is 32.2. The van der Waals surface area contributed by atoms with Gasteiger partial charge in [0, 0.05) is 35.2 Å². The lowest BCUT2D eigenvalue weighted by Crippen LogP contribution is -2.33. The Labute approximate surface area is 138 Å². The first-order valence-electron chi connectivity index (χ1n) is 7.23. The quantitative estimate of drug-likeness (QED) is 0.862. The SMILES string of the molecule is COc1ncccc1C(=O)N1CCSC(c2cccs2)CC1. The van der Waals surface area contributed by atoms with Gasteiger partial charge in [0.15, 0.2) is 0 Å². The van der Waals surface area contributed by atoms with Crippen molar-refractivity contribution < 1.29 is 9.53 Å². The Morgan fingerprint density at radius 1 is 1.36 bits per heavy atom. The van der Waals surface area contributed by atoms with Gasteiger partial charge in [0.25, 0.3) is 5.91 Å². The highest BCUT2D eigenvalue weighted by Crippen LogP contribution is 2.37. The van der Waals surface area contributed by atoms with Crippen molar-refractivity contribution in [2.75, 3.05) is 26.0 Å². The Morgan fingerprint density at radius 2 is 2.27 bits per heavy atom. The third-order valence-electron chi connectivity index (χ3n) is 3.68. The summed E-state index contributed by atoms with van der Waals surface area (Å²) in [6.45, 7) is 1.54. The molecule has 4 nitrogen and oxygen atoms in total. The van der Waals surface area contributed by atoms with Gasteiger partial charge in [-0.15, -0.1) is 11.3 Å². The van der Waals surface area contributed by atoms with E-state index in [1.165, 1.54) is 4.88 Å². The van der Waals surface area contributed by atoms with Crippen molar-refractivity contribution in [3.63, 3.8) is 0 Å². The fraction of sp³-hybridized carbons (Fsp3) is 0.375. The fourth-order valence-electron chi connectivity index (χ4n) is 2.56. The maximum atomic E-state index is 12.7. The van der Waals surface area contributed by atoms with Crippen LogP contribution in [0.2, 0.25) is 0 Å². The number of rotatable bonds is 3. The average Bonchev–Trinajstić information content (AvgIpc) is 2.99. The molecule has 0 N–H and O–H groups in total. The fourth-order valence-corrected chi connectivity index (χ4v) is 4.80. The molecule has 0 spiro atoms. The molecule has 6 heteroatoms. The van der Waals surface area contributed by atoms with Gasteiger partial charge < -0.3 is 9.64 Å². The summed E-state index contributed by atoms with van der Waals surface area (Å²) in [5.74, 6) is 1.37. The zero-order valence-corrected chi connectivity index (χ0v) is 14.0. The highest BCUT2D eigenvalue weighted by molar-refractivity contribution is 7.99. The first-order chi connectivity index (χ1) is 10.8. The van der Waals surface area contributed by atoms with Gasteiger partial charge in [-0.1, -0.05) is 6.07 Å². The number of amides is 1. The second-order valence-electron chi connectivity index (χ2n) is 5.02. The molecule has 0 aliphatic carbocycles. The zero-order valence-electron chi connectivity index (χ0n) is 12.4. The van der Waals surface area contributed by atoms with Crippen molar-refractivity contribution in [2.45, 2.75) is 11.7 Å². The summed E-state index contributed by atoms with van der Waals surface area (Å²) in [5.41, 5.74) is 0.546. The minimum absolute atomic E-state index is 0.0115. The Balaban J connectivity index is 1.71. The number of methoxy groups -OCH3 is 1. The molecule has 116 valence electrons. The van der Waals surface area contributed by atoms with E-state index in [9.17, 15) is 4.79 Å². The lowest BCUT2D eigenvalue weighted by molar-refractivity contribution is 0.0762. The van der Waals surface area contributed by atoms with E-state index >= 15 is 0 Å². The van der Waals surface area contributed by atoms with Gasteiger partial charge in [0.1, 0.15) is 5.56 Å². The number of nitrogens with zero attached hydrogens (tertiary/aromatic N) is 2. The Bertz CT molecular complexity index is 631. The van der Waals surface area contributed by atoms with Crippen LogP contribution in [-0.2, 0) is 0 Å². The van der Waals surface area contributed by atoms with Crippen LogP contribution in [0.5, 0.6) is 5.88 Å². The van der Waals surface area contributed by atoms with Crippen LogP contribution < -0.4 is 4.74 Å². The minimum Gasteiger partial charge on any atom is -0.480 e. The summed E-state index contributed by atoms with van der Waals surface area (Å²) in [7, 11) is 1.55. The van der Waals surface area contributed by atoms with Gasteiger partial charge in [-0.05, 0) is 30.0 Å². The number of thioether (sulfide) groups is 1. The van der Waals surface area contributed by atoms with Gasteiger partial charge in [-0.2, -0.15) is 11.8 Å². The lowest BCUT2D eigenvalue weighted by atomic mass is 10.2. The molecule has 1 aliphatic rings. The van der Waals surface area contributed by atoms with E-state index in [4.69, 9.17) is 4.74 Å². The summed E-state index contributed by atoms with van der Waals surface area (Å²) in [5, 5.41) is 2.61. The second kappa shape index (κ2) is 7.15. The van der Waals surface area contributed by atoms with Crippen molar-refractivity contribution >= 4 is 29.0 Å². The molecule has 1 saturated heterocycles. The predicted octanol–water partition coefficient (Wildman–Crippen LogP) is 3.47. The summed E-state index contributed by atoms with van der Waals surface area (Å²) in [6, 6.07) is 7.83. The van der Waals surface area contributed by atoms with Crippen molar-refractivity contribution in [1.29, 1.82) is 0 Å². The van der Waals surface area contributed by atoms with Crippen molar-refractivity contribution in [3.8, 4) is 5.88 Å². The number of carbonyl (C=O) groups excluding carboxylic acids is 1. The van der Waals surface area contributed by atoms with Gasteiger partial charge in [-0.25, -0.2) is 4.98 Å². The molecule has 1 atom stereocenters. The molecule has 0 saturated carbocycles. The predicted molar refractivity (Wildman–Crippen MR) is 90.8 cm³/mol. The van der Waals surface area contributed by atoms with E-state index < -0.39 is 0 Å². The molecule has 1 aliphatic heterocycles. The summed E-state index contributed by atoms with van der Waals surface area (Å²) >= 11 is 3.73. The average molecular weight is 334 g/mol. The van der Waals surface area contributed by atoms with E-state index in [1.807, 2.05) is 16.7 Å². The maximum Gasteiger partial charge on any atom is 0.259 e. The molecule has 2 aromatic rings. The van der Waals surface area contributed by atoms with E-state index in [-0.39, 0.29) is 5.91 Å². The number of hydrogen-bond acceptors (Lipinski definition) is 5. The second-order valence-corrected chi connectivity index (χ2v) is 7.31. The molecule has 3 rings (SSSR count). The Morgan fingerprint density at radius 3 is 3.05 bits per heavy atom. The molecule has 1 unspecified atom stereocenters. The van der Waals surface area contributed by atoms with E-state index in [0.717, 1.165) is 25.3 Å². The molecule has 0 bridgehead atoms. The maximum absolute atomic E-state index is 12.7. The molecule has 22 heavy (non-hydrogen) atoms. The third kappa shape index (κ3) is 3.28. The van der Waals surface area contributed by atoms with Crippen LogP contribution in [0.25, 0.3) is 0 Å². The van der Waals surface area contributed by atoms with Crippen molar-refractivity contribution in [1.82, 2.24) is 9.88 Å².